The molecular weight excluding hydrogens is 282 g/mol. The highest BCUT2D eigenvalue weighted by molar-refractivity contribution is 6.30. The number of hydrogen-bond acceptors (Lipinski definition) is 2. The van der Waals surface area contributed by atoms with Gasteiger partial charge in [0.15, 0.2) is 0 Å². The van der Waals surface area contributed by atoms with Crippen LogP contribution in [-0.4, -0.2) is 13.2 Å². The summed E-state index contributed by atoms with van der Waals surface area (Å²) < 4.78 is 5.36. The minimum Gasteiger partial charge on any atom is -0.496 e. The predicted molar refractivity (Wildman–Crippen MR) is 89.1 cm³/mol. The van der Waals surface area contributed by atoms with Gasteiger partial charge in [0, 0.05) is 23.2 Å². The first-order valence-electron chi connectivity index (χ1n) is 7.29. The number of halogens is 1. The molecule has 112 valence electrons. The van der Waals surface area contributed by atoms with Crippen molar-refractivity contribution in [2.24, 2.45) is 0 Å². The molecule has 0 aliphatic rings. The van der Waals surface area contributed by atoms with Gasteiger partial charge in [-0.05, 0) is 43.5 Å². The van der Waals surface area contributed by atoms with Gasteiger partial charge in [0.05, 0.1) is 7.11 Å². The second-order valence-electron chi connectivity index (χ2n) is 5.26. The summed E-state index contributed by atoms with van der Waals surface area (Å²) in [6, 6.07) is 16.7. The molecule has 3 heteroatoms. The van der Waals surface area contributed by atoms with Crippen molar-refractivity contribution < 1.29 is 4.74 Å². The summed E-state index contributed by atoms with van der Waals surface area (Å²) in [5.41, 5.74) is 2.48. The SMILES string of the molecule is COc1ccc(Cl)cc1CN[C@@H](C)CCc1ccccc1. The third kappa shape index (κ3) is 5.07. The van der Waals surface area contributed by atoms with E-state index in [9.17, 15) is 0 Å². The lowest BCUT2D eigenvalue weighted by molar-refractivity contribution is 0.405. The summed E-state index contributed by atoms with van der Waals surface area (Å²) >= 11 is 6.05. The van der Waals surface area contributed by atoms with Gasteiger partial charge in [0.1, 0.15) is 5.75 Å². The monoisotopic (exact) mass is 303 g/mol. The normalized spacial score (nSPS) is 12.1. The summed E-state index contributed by atoms with van der Waals surface area (Å²) in [5, 5.41) is 4.27. The highest BCUT2D eigenvalue weighted by Gasteiger charge is 2.07. The molecule has 0 spiro atoms. The Hall–Kier alpha value is -1.51. The number of aryl methyl sites for hydroxylation is 1. The van der Waals surface area contributed by atoms with Crippen molar-refractivity contribution in [3.63, 3.8) is 0 Å². The maximum Gasteiger partial charge on any atom is 0.123 e. The van der Waals surface area contributed by atoms with Crippen LogP contribution in [-0.2, 0) is 13.0 Å². The Kier molecular flexibility index (Phi) is 6.09. The molecule has 0 bridgehead atoms. The molecule has 2 aromatic rings. The molecule has 2 rings (SSSR count). The quantitative estimate of drug-likeness (QED) is 0.815. The van der Waals surface area contributed by atoms with Gasteiger partial charge in [-0.3, -0.25) is 0 Å². The molecule has 0 saturated carbocycles. The summed E-state index contributed by atoms with van der Waals surface area (Å²) in [7, 11) is 1.69. The van der Waals surface area contributed by atoms with Gasteiger partial charge in [-0.2, -0.15) is 0 Å². The Balaban J connectivity index is 1.84. The van der Waals surface area contributed by atoms with Crippen LogP contribution in [0.3, 0.4) is 0 Å². The largest absolute Gasteiger partial charge is 0.496 e. The van der Waals surface area contributed by atoms with E-state index in [0.29, 0.717) is 6.04 Å². The molecule has 1 N–H and O–H groups in total. The van der Waals surface area contributed by atoms with Crippen LogP contribution in [0.4, 0.5) is 0 Å². The van der Waals surface area contributed by atoms with E-state index >= 15 is 0 Å². The Bertz CT molecular complexity index is 556. The number of rotatable bonds is 7. The summed E-state index contributed by atoms with van der Waals surface area (Å²) in [4.78, 5) is 0. The maximum absolute atomic E-state index is 6.05. The third-order valence-electron chi connectivity index (χ3n) is 3.59. The second-order valence-corrected chi connectivity index (χ2v) is 5.70. The van der Waals surface area contributed by atoms with E-state index in [-0.39, 0.29) is 0 Å². The topological polar surface area (TPSA) is 21.3 Å². The van der Waals surface area contributed by atoms with Crippen molar-refractivity contribution in [1.29, 1.82) is 0 Å². The van der Waals surface area contributed by atoms with Crippen LogP contribution in [0.25, 0.3) is 0 Å². The highest BCUT2D eigenvalue weighted by Crippen LogP contribution is 2.22. The molecule has 0 fully saturated rings. The van der Waals surface area contributed by atoms with Crippen LogP contribution in [0.2, 0.25) is 5.02 Å². The lowest BCUT2D eigenvalue weighted by Crippen LogP contribution is -2.26. The third-order valence-corrected chi connectivity index (χ3v) is 3.83. The van der Waals surface area contributed by atoms with Crippen molar-refractivity contribution in [2.75, 3.05) is 7.11 Å². The molecule has 0 unspecified atom stereocenters. The van der Waals surface area contributed by atoms with E-state index in [1.165, 1.54) is 5.56 Å². The molecular formula is C18H22ClNO. The van der Waals surface area contributed by atoms with Crippen molar-refractivity contribution >= 4 is 11.6 Å². The summed E-state index contributed by atoms with van der Waals surface area (Å²) in [6.45, 7) is 2.97. The molecule has 0 saturated heterocycles. The van der Waals surface area contributed by atoms with Crippen LogP contribution in [0.15, 0.2) is 48.5 Å². The molecule has 1 atom stereocenters. The molecule has 0 aliphatic heterocycles. The predicted octanol–water partition coefficient (Wildman–Crippen LogP) is 4.46. The Morgan fingerprint density at radius 2 is 1.90 bits per heavy atom. The van der Waals surface area contributed by atoms with Crippen molar-refractivity contribution in [1.82, 2.24) is 5.32 Å². The van der Waals surface area contributed by atoms with Crippen molar-refractivity contribution in [2.45, 2.75) is 32.4 Å². The Labute approximate surface area is 132 Å². The lowest BCUT2D eigenvalue weighted by atomic mass is 10.1. The molecule has 0 amide bonds. The number of benzene rings is 2. The van der Waals surface area contributed by atoms with Crippen LogP contribution in [0, 0.1) is 0 Å². The van der Waals surface area contributed by atoms with Gasteiger partial charge < -0.3 is 10.1 Å². The fraction of sp³-hybridized carbons (Fsp3) is 0.333. The number of nitrogens with one attached hydrogen (secondary N) is 1. The first-order valence-corrected chi connectivity index (χ1v) is 7.66. The zero-order valence-electron chi connectivity index (χ0n) is 12.6. The molecule has 21 heavy (non-hydrogen) atoms. The van der Waals surface area contributed by atoms with E-state index in [4.69, 9.17) is 16.3 Å². The summed E-state index contributed by atoms with van der Waals surface area (Å²) in [6.07, 6.45) is 2.19. The van der Waals surface area contributed by atoms with E-state index in [1.54, 1.807) is 7.11 Å². The molecule has 2 aromatic carbocycles. The molecule has 0 aliphatic carbocycles. The van der Waals surface area contributed by atoms with Gasteiger partial charge >= 0.3 is 0 Å². The van der Waals surface area contributed by atoms with Gasteiger partial charge in [0.25, 0.3) is 0 Å². The van der Waals surface area contributed by atoms with Crippen molar-refractivity contribution in [3.05, 3.63) is 64.7 Å². The molecule has 2 nitrogen and oxygen atoms in total. The van der Waals surface area contributed by atoms with Crippen LogP contribution >= 0.6 is 11.6 Å². The standard InChI is InChI=1S/C18H22ClNO/c1-14(8-9-15-6-4-3-5-7-15)20-13-16-12-17(19)10-11-18(16)21-2/h3-7,10-12,14,20H,8-9,13H2,1-2H3/t14-/m0/s1. The fourth-order valence-corrected chi connectivity index (χ4v) is 2.49. The minimum atomic E-state index is 0.439. The molecule has 0 radical (unpaired) electrons. The van der Waals surface area contributed by atoms with Gasteiger partial charge in [0.2, 0.25) is 0 Å². The van der Waals surface area contributed by atoms with Gasteiger partial charge in [-0.15, -0.1) is 0 Å². The average Bonchev–Trinajstić information content (AvgIpc) is 2.52. The first kappa shape index (κ1) is 15.9. The summed E-state index contributed by atoms with van der Waals surface area (Å²) in [5.74, 6) is 0.877. The van der Waals surface area contributed by atoms with Crippen LogP contribution in [0.5, 0.6) is 5.75 Å². The smallest absolute Gasteiger partial charge is 0.123 e. The molecule has 0 heterocycles. The van der Waals surface area contributed by atoms with E-state index in [1.807, 2.05) is 18.2 Å². The highest BCUT2D eigenvalue weighted by atomic mass is 35.5. The maximum atomic E-state index is 6.05. The Morgan fingerprint density at radius 3 is 2.62 bits per heavy atom. The zero-order chi connectivity index (χ0) is 15.1. The van der Waals surface area contributed by atoms with Gasteiger partial charge in [-0.1, -0.05) is 41.9 Å². The van der Waals surface area contributed by atoms with E-state index < -0.39 is 0 Å². The van der Waals surface area contributed by atoms with Gasteiger partial charge in [-0.25, -0.2) is 0 Å². The minimum absolute atomic E-state index is 0.439. The Morgan fingerprint density at radius 1 is 1.14 bits per heavy atom. The second kappa shape index (κ2) is 8.06. The fourth-order valence-electron chi connectivity index (χ4n) is 2.30. The van der Waals surface area contributed by atoms with Crippen LogP contribution < -0.4 is 10.1 Å². The van der Waals surface area contributed by atoms with E-state index in [0.717, 1.165) is 35.7 Å². The molecule has 0 aromatic heterocycles. The number of ether oxygens (including phenoxy) is 1. The van der Waals surface area contributed by atoms with Crippen LogP contribution in [0.1, 0.15) is 24.5 Å². The van der Waals surface area contributed by atoms with Crippen molar-refractivity contribution in [3.8, 4) is 5.75 Å². The zero-order valence-corrected chi connectivity index (χ0v) is 13.4. The number of methoxy groups -OCH3 is 1. The lowest BCUT2D eigenvalue weighted by Gasteiger charge is -2.15. The van der Waals surface area contributed by atoms with E-state index in [2.05, 4.69) is 42.6 Å². The number of hydrogen-bond donors (Lipinski definition) is 1. The first-order chi connectivity index (χ1) is 10.2. The average molecular weight is 304 g/mol.